The van der Waals surface area contributed by atoms with Crippen LogP contribution in [0.4, 0.5) is 0 Å². The Morgan fingerprint density at radius 1 is 1.03 bits per heavy atom. The molecule has 2 aromatic carbocycles. The SMILES string of the molecule is CN=C(NCc1ccc(OCc2ccccc2)cc1)N1CCC(N2CCOCC2)C1.I. The van der Waals surface area contributed by atoms with E-state index < -0.39 is 0 Å². The fourth-order valence-corrected chi connectivity index (χ4v) is 4.13. The molecule has 7 heteroatoms. The zero-order valence-electron chi connectivity index (χ0n) is 18.2. The van der Waals surface area contributed by atoms with E-state index in [2.05, 4.69) is 44.4 Å². The summed E-state index contributed by atoms with van der Waals surface area (Å²) in [5.74, 6) is 1.87. The van der Waals surface area contributed by atoms with Crippen LogP contribution in [-0.4, -0.2) is 68.2 Å². The molecule has 31 heavy (non-hydrogen) atoms. The number of halogens is 1. The molecule has 0 spiro atoms. The number of hydrogen-bond donors (Lipinski definition) is 1. The minimum absolute atomic E-state index is 0. The van der Waals surface area contributed by atoms with Crippen LogP contribution in [0.15, 0.2) is 59.6 Å². The quantitative estimate of drug-likeness (QED) is 0.349. The van der Waals surface area contributed by atoms with Crippen molar-refractivity contribution in [1.29, 1.82) is 0 Å². The van der Waals surface area contributed by atoms with Gasteiger partial charge in [-0.15, -0.1) is 24.0 Å². The van der Waals surface area contributed by atoms with Gasteiger partial charge < -0.3 is 19.7 Å². The standard InChI is InChI=1S/C24H32N4O2.HI/c1-25-24(28-12-11-22(18-28)27-13-15-29-16-14-27)26-17-20-7-9-23(10-8-20)30-19-21-5-3-2-4-6-21;/h2-10,22H,11-19H2,1H3,(H,25,26);1H. The number of guanidine groups is 1. The van der Waals surface area contributed by atoms with Gasteiger partial charge in [0.15, 0.2) is 5.96 Å². The monoisotopic (exact) mass is 536 g/mol. The Morgan fingerprint density at radius 3 is 2.48 bits per heavy atom. The first kappa shape index (κ1) is 23.8. The van der Waals surface area contributed by atoms with Crippen LogP contribution in [0.3, 0.4) is 0 Å². The molecule has 0 radical (unpaired) electrons. The highest BCUT2D eigenvalue weighted by molar-refractivity contribution is 14.0. The Bertz CT molecular complexity index is 810. The van der Waals surface area contributed by atoms with E-state index in [-0.39, 0.29) is 24.0 Å². The van der Waals surface area contributed by atoms with Gasteiger partial charge in [-0.25, -0.2) is 0 Å². The van der Waals surface area contributed by atoms with Gasteiger partial charge in [0, 0.05) is 45.8 Å². The summed E-state index contributed by atoms with van der Waals surface area (Å²) in [6.07, 6.45) is 1.19. The summed E-state index contributed by atoms with van der Waals surface area (Å²) >= 11 is 0. The molecule has 2 aromatic rings. The summed E-state index contributed by atoms with van der Waals surface area (Å²) in [7, 11) is 1.87. The molecule has 2 aliphatic heterocycles. The van der Waals surface area contributed by atoms with Crippen molar-refractivity contribution in [2.75, 3.05) is 46.4 Å². The third-order valence-electron chi connectivity index (χ3n) is 5.86. The minimum atomic E-state index is 0. The molecule has 0 aliphatic carbocycles. The summed E-state index contributed by atoms with van der Waals surface area (Å²) in [4.78, 5) is 9.44. The third kappa shape index (κ3) is 6.82. The average molecular weight is 536 g/mol. The second kappa shape index (κ2) is 12.3. The van der Waals surface area contributed by atoms with Crippen LogP contribution < -0.4 is 10.1 Å². The molecular formula is C24H33IN4O2. The van der Waals surface area contributed by atoms with E-state index in [1.807, 2.05) is 37.4 Å². The van der Waals surface area contributed by atoms with Crippen LogP contribution >= 0.6 is 24.0 Å². The van der Waals surface area contributed by atoms with Gasteiger partial charge in [-0.1, -0.05) is 42.5 Å². The first-order valence-electron chi connectivity index (χ1n) is 10.8. The molecule has 2 aliphatic rings. The predicted molar refractivity (Wildman–Crippen MR) is 135 cm³/mol. The van der Waals surface area contributed by atoms with E-state index in [0.717, 1.165) is 57.6 Å². The molecule has 1 atom stereocenters. The molecule has 168 valence electrons. The number of rotatable bonds is 6. The van der Waals surface area contributed by atoms with Crippen LogP contribution in [-0.2, 0) is 17.9 Å². The van der Waals surface area contributed by atoms with Crippen molar-refractivity contribution in [3.8, 4) is 5.75 Å². The molecule has 0 bridgehead atoms. The lowest BCUT2D eigenvalue weighted by Crippen LogP contribution is -2.46. The van der Waals surface area contributed by atoms with Crippen LogP contribution in [0.2, 0.25) is 0 Å². The highest BCUT2D eigenvalue weighted by Gasteiger charge is 2.30. The van der Waals surface area contributed by atoms with E-state index in [1.165, 1.54) is 17.5 Å². The molecule has 1 N–H and O–H groups in total. The number of nitrogens with zero attached hydrogens (tertiary/aromatic N) is 3. The van der Waals surface area contributed by atoms with Crippen molar-refractivity contribution in [3.63, 3.8) is 0 Å². The summed E-state index contributed by atoms with van der Waals surface area (Å²) in [6, 6.07) is 19.1. The van der Waals surface area contributed by atoms with E-state index in [9.17, 15) is 0 Å². The molecule has 0 saturated carbocycles. The zero-order chi connectivity index (χ0) is 20.6. The van der Waals surface area contributed by atoms with Gasteiger partial charge in [-0.05, 0) is 29.7 Å². The normalized spacial score (nSPS) is 19.7. The Morgan fingerprint density at radius 2 is 1.77 bits per heavy atom. The van der Waals surface area contributed by atoms with Crippen LogP contribution in [0.25, 0.3) is 0 Å². The number of ether oxygens (including phenoxy) is 2. The van der Waals surface area contributed by atoms with Gasteiger partial charge in [-0.3, -0.25) is 9.89 Å². The highest BCUT2D eigenvalue weighted by Crippen LogP contribution is 2.18. The Balaban J connectivity index is 0.00000272. The van der Waals surface area contributed by atoms with Crippen LogP contribution in [0.1, 0.15) is 17.5 Å². The van der Waals surface area contributed by atoms with Gasteiger partial charge in [0.25, 0.3) is 0 Å². The number of nitrogens with one attached hydrogen (secondary N) is 1. The second-order valence-corrected chi connectivity index (χ2v) is 7.86. The second-order valence-electron chi connectivity index (χ2n) is 7.86. The summed E-state index contributed by atoms with van der Waals surface area (Å²) in [5, 5.41) is 3.52. The van der Waals surface area contributed by atoms with E-state index >= 15 is 0 Å². The molecule has 2 heterocycles. The maximum atomic E-state index is 5.88. The molecule has 1 unspecified atom stereocenters. The molecule has 2 fully saturated rings. The van der Waals surface area contributed by atoms with Gasteiger partial charge in [0.2, 0.25) is 0 Å². The van der Waals surface area contributed by atoms with Gasteiger partial charge in [0.05, 0.1) is 13.2 Å². The van der Waals surface area contributed by atoms with Gasteiger partial charge in [0.1, 0.15) is 12.4 Å². The van der Waals surface area contributed by atoms with E-state index in [4.69, 9.17) is 9.47 Å². The van der Waals surface area contributed by atoms with Crippen molar-refractivity contribution in [3.05, 3.63) is 65.7 Å². The third-order valence-corrected chi connectivity index (χ3v) is 5.86. The summed E-state index contributed by atoms with van der Waals surface area (Å²) in [6.45, 7) is 7.23. The molecular weight excluding hydrogens is 503 g/mol. The van der Waals surface area contributed by atoms with Crippen LogP contribution in [0.5, 0.6) is 5.75 Å². The zero-order valence-corrected chi connectivity index (χ0v) is 20.5. The minimum Gasteiger partial charge on any atom is -0.489 e. The summed E-state index contributed by atoms with van der Waals surface area (Å²) in [5.41, 5.74) is 2.39. The lowest BCUT2D eigenvalue weighted by molar-refractivity contribution is 0.0195. The summed E-state index contributed by atoms with van der Waals surface area (Å²) < 4.78 is 11.4. The molecule has 0 aromatic heterocycles. The van der Waals surface area contributed by atoms with E-state index in [1.54, 1.807) is 0 Å². The predicted octanol–water partition coefficient (Wildman–Crippen LogP) is 3.37. The van der Waals surface area contributed by atoms with Crippen molar-refractivity contribution >= 4 is 29.9 Å². The highest BCUT2D eigenvalue weighted by atomic mass is 127. The first-order valence-corrected chi connectivity index (χ1v) is 10.8. The lowest BCUT2D eigenvalue weighted by Gasteiger charge is -2.32. The fraction of sp³-hybridized carbons (Fsp3) is 0.458. The average Bonchev–Trinajstić information content (AvgIpc) is 3.30. The van der Waals surface area contributed by atoms with Crippen molar-refractivity contribution in [2.24, 2.45) is 4.99 Å². The number of benzene rings is 2. The van der Waals surface area contributed by atoms with Crippen molar-refractivity contribution in [1.82, 2.24) is 15.1 Å². The Kier molecular flexibility index (Phi) is 9.42. The number of likely N-dealkylation sites (tertiary alicyclic amines) is 1. The van der Waals surface area contributed by atoms with E-state index in [0.29, 0.717) is 12.6 Å². The Hall–Kier alpha value is -1.84. The van der Waals surface area contributed by atoms with Crippen molar-refractivity contribution < 1.29 is 9.47 Å². The lowest BCUT2D eigenvalue weighted by atomic mass is 10.2. The molecule has 6 nitrogen and oxygen atoms in total. The van der Waals surface area contributed by atoms with Crippen LogP contribution in [0, 0.1) is 0 Å². The fourth-order valence-electron chi connectivity index (χ4n) is 4.13. The van der Waals surface area contributed by atoms with Gasteiger partial charge >= 0.3 is 0 Å². The van der Waals surface area contributed by atoms with Crippen molar-refractivity contribution in [2.45, 2.75) is 25.6 Å². The van der Waals surface area contributed by atoms with Gasteiger partial charge in [-0.2, -0.15) is 0 Å². The topological polar surface area (TPSA) is 49.3 Å². The maximum Gasteiger partial charge on any atom is 0.193 e. The molecule has 2 saturated heterocycles. The number of aliphatic imine (C=N–C) groups is 1. The maximum absolute atomic E-state index is 5.88. The molecule has 0 amide bonds. The number of hydrogen-bond acceptors (Lipinski definition) is 4. The first-order chi connectivity index (χ1) is 14.8. The smallest absolute Gasteiger partial charge is 0.193 e. The Labute approximate surface area is 202 Å². The largest absolute Gasteiger partial charge is 0.489 e. The molecule has 4 rings (SSSR count). The number of morpholine rings is 1.